The lowest BCUT2D eigenvalue weighted by molar-refractivity contribution is -0.496. The Kier molecular flexibility index (Phi) is 6.53. The molecule has 1 aromatic rings. The molecule has 0 heterocycles. The van der Waals surface area contributed by atoms with Crippen LogP contribution >= 0.6 is 0 Å². The Bertz CT molecular complexity index is 574. The molecule has 0 aromatic heterocycles. The van der Waals surface area contributed by atoms with E-state index in [2.05, 4.69) is 10.0 Å². The molecule has 0 aliphatic carbocycles. The highest BCUT2D eigenvalue weighted by Crippen LogP contribution is 2.13. The molecule has 2 N–H and O–H groups in total. The van der Waals surface area contributed by atoms with Crippen molar-refractivity contribution in [1.82, 2.24) is 5.32 Å². The van der Waals surface area contributed by atoms with Crippen molar-refractivity contribution >= 4 is 16.0 Å². The predicted octanol–water partition coefficient (Wildman–Crippen LogP) is 1.13. The standard InChI is InChI=1S/C12H19N3O5S/c1-10(2)13-6-7-20-21(18,19)14-12-5-3-4-11(8-12)9-15(16)17/h3-5,8,10,13-14H,6-7,9H2,1-2H3. The molecule has 8 nitrogen and oxygen atoms in total. The van der Waals surface area contributed by atoms with Gasteiger partial charge in [0.2, 0.25) is 6.54 Å². The molecule has 0 atom stereocenters. The fraction of sp³-hybridized carbons (Fsp3) is 0.500. The number of nitrogens with zero attached hydrogens (tertiary/aromatic N) is 1. The molecule has 0 aliphatic rings. The molecule has 0 aliphatic heterocycles. The minimum absolute atomic E-state index is 0.00209. The van der Waals surface area contributed by atoms with E-state index >= 15 is 0 Å². The summed E-state index contributed by atoms with van der Waals surface area (Å²) in [5.74, 6) is 0. The third-order valence-corrected chi connectivity index (χ3v) is 3.34. The normalized spacial score (nSPS) is 11.6. The molecule has 21 heavy (non-hydrogen) atoms. The average molecular weight is 317 g/mol. The molecule has 0 unspecified atom stereocenters. The van der Waals surface area contributed by atoms with E-state index in [9.17, 15) is 18.5 Å². The summed E-state index contributed by atoms with van der Waals surface area (Å²) in [7, 11) is -3.94. The summed E-state index contributed by atoms with van der Waals surface area (Å²) in [6.45, 7) is 3.91. The van der Waals surface area contributed by atoms with Gasteiger partial charge in [0.25, 0.3) is 0 Å². The summed E-state index contributed by atoms with van der Waals surface area (Å²) in [5, 5.41) is 13.5. The number of rotatable bonds is 9. The van der Waals surface area contributed by atoms with Gasteiger partial charge in [-0.3, -0.25) is 19.0 Å². The van der Waals surface area contributed by atoms with Gasteiger partial charge in [-0.2, -0.15) is 8.42 Å². The van der Waals surface area contributed by atoms with Gasteiger partial charge >= 0.3 is 10.3 Å². The molecule has 1 aromatic carbocycles. The van der Waals surface area contributed by atoms with Crippen molar-refractivity contribution in [2.75, 3.05) is 17.9 Å². The first-order valence-corrected chi connectivity index (χ1v) is 7.80. The molecular formula is C12H19N3O5S. The van der Waals surface area contributed by atoms with Gasteiger partial charge in [-0.15, -0.1) is 0 Å². The van der Waals surface area contributed by atoms with E-state index in [1.807, 2.05) is 13.8 Å². The molecule has 0 bridgehead atoms. The van der Waals surface area contributed by atoms with Crippen molar-refractivity contribution in [2.45, 2.75) is 26.4 Å². The zero-order valence-corrected chi connectivity index (χ0v) is 12.7. The average Bonchev–Trinajstić information content (AvgIpc) is 2.33. The first-order valence-electron chi connectivity index (χ1n) is 6.40. The van der Waals surface area contributed by atoms with Crippen LogP contribution in [0.2, 0.25) is 0 Å². The van der Waals surface area contributed by atoms with E-state index < -0.39 is 15.2 Å². The van der Waals surface area contributed by atoms with Crippen molar-refractivity contribution in [3.63, 3.8) is 0 Å². The van der Waals surface area contributed by atoms with Gasteiger partial charge < -0.3 is 5.32 Å². The summed E-state index contributed by atoms with van der Waals surface area (Å²) in [6.07, 6.45) is 0. The van der Waals surface area contributed by atoms with Crippen LogP contribution in [-0.4, -0.2) is 32.5 Å². The van der Waals surface area contributed by atoms with Gasteiger partial charge in [0, 0.05) is 23.1 Å². The molecule has 1 rings (SSSR count). The third kappa shape index (κ3) is 7.59. The number of hydrogen-bond donors (Lipinski definition) is 2. The highest BCUT2D eigenvalue weighted by Gasteiger charge is 2.12. The highest BCUT2D eigenvalue weighted by molar-refractivity contribution is 7.88. The minimum atomic E-state index is -3.94. The van der Waals surface area contributed by atoms with Crippen LogP contribution in [0.5, 0.6) is 0 Å². The third-order valence-electron chi connectivity index (χ3n) is 2.37. The summed E-state index contributed by atoms with van der Waals surface area (Å²) in [6, 6.07) is 6.22. The number of hydrogen-bond acceptors (Lipinski definition) is 6. The van der Waals surface area contributed by atoms with E-state index in [1.54, 1.807) is 6.07 Å². The fourth-order valence-corrected chi connectivity index (χ4v) is 2.33. The number of anilines is 1. The van der Waals surface area contributed by atoms with Gasteiger partial charge in [-0.1, -0.05) is 26.0 Å². The van der Waals surface area contributed by atoms with Crippen LogP contribution in [0.1, 0.15) is 19.4 Å². The predicted molar refractivity (Wildman–Crippen MR) is 78.8 cm³/mol. The van der Waals surface area contributed by atoms with E-state index in [-0.39, 0.29) is 24.9 Å². The Morgan fingerprint density at radius 1 is 1.38 bits per heavy atom. The Labute approximate surface area is 123 Å². The highest BCUT2D eigenvalue weighted by atomic mass is 32.2. The van der Waals surface area contributed by atoms with Crippen LogP contribution in [-0.2, 0) is 21.0 Å². The second-order valence-electron chi connectivity index (χ2n) is 4.68. The lowest BCUT2D eigenvalue weighted by Crippen LogP contribution is -2.28. The van der Waals surface area contributed by atoms with Gasteiger partial charge in [-0.05, 0) is 12.1 Å². The quantitative estimate of drug-likeness (QED) is 0.401. The lowest BCUT2D eigenvalue weighted by Gasteiger charge is -2.10. The summed E-state index contributed by atoms with van der Waals surface area (Å²) < 4.78 is 30.4. The van der Waals surface area contributed by atoms with Crippen molar-refractivity contribution in [3.05, 3.63) is 39.9 Å². The summed E-state index contributed by atoms with van der Waals surface area (Å²) in [5.41, 5.74) is 0.632. The van der Waals surface area contributed by atoms with E-state index in [1.165, 1.54) is 18.2 Å². The molecule has 0 radical (unpaired) electrons. The van der Waals surface area contributed by atoms with Gasteiger partial charge in [0.05, 0.1) is 12.3 Å². The number of nitrogens with one attached hydrogen (secondary N) is 2. The van der Waals surface area contributed by atoms with Crippen molar-refractivity contribution < 1.29 is 17.5 Å². The first kappa shape index (κ1) is 17.3. The maximum atomic E-state index is 11.7. The molecule has 0 saturated carbocycles. The summed E-state index contributed by atoms with van der Waals surface area (Å²) in [4.78, 5) is 9.95. The van der Waals surface area contributed by atoms with E-state index in [0.717, 1.165) is 0 Å². The summed E-state index contributed by atoms with van der Waals surface area (Å²) >= 11 is 0. The second-order valence-corrected chi connectivity index (χ2v) is 6.03. The van der Waals surface area contributed by atoms with Crippen LogP contribution in [0.4, 0.5) is 5.69 Å². The van der Waals surface area contributed by atoms with Crippen molar-refractivity contribution in [2.24, 2.45) is 0 Å². The van der Waals surface area contributed by atoms with Crippen LogP contribution in [0.3, 0.4) is 0 Å². The van der Waals surface area contributed by atoms with E-state index in [4.69, 9.17) is 4.18 Å². The molecule has 9 heteroatoms. The zero-order chi connectivity index (χ0) is 15.9. The molecular weight excluding hydrogens is 298 g/mol. The van der Waals surface area contributed by atoms with Crippen molar-refractivity contribution in [3.8, 4) is 0 Å². The smallest absolute Gasteiger partial charge is 0.312 e. The van der Waals surface area contributed by atoms with Crippen molar-refractivity contribution in [1.29, 1.82) is 0 Å². The molecule has 118 valence electrons. The van der Waals surface area contributed by atoms with Gasteiger partial charge in [0.15, 0.2) is 0 Å². The van der Waals surface area contributed by atoms with Gasteiger partial charge in [-0.25, -0.2) is 0 Å². The Hall–Kier alpha value is -1.71. The van der Waals surface area contributed by atoms with Gasteiger partial charge in [0.1, 0.15) is 0 Å². The minimum Gasteiger partial charge on any atom is -0.312 e. The largest absolute Gasteiger partial charge is 0.360 e. The Balaban J connectivity index is 2.56. The molecule has 0 saturated heterocycles. The van der Waals surface area contributed by atoms with Crippen LogP contribution in [0, 0.1) is 10.1 Å². The topological polar surface area (TPSA) is 111 Å². The first-order chi connectivity index (χ1) is 9.78. The van der Waals surface area contributed by atoms with Crippen LogP contribution < -0.4 is 10.0 Å². The van der Waals surface area contributed by atoms with Crippen LogP contribution in [0.15, 0.2) is 24.3 Å². The molecule has 0 fully saturated rings. The lowest BCUT2D eigenvalue weighted by atomic mass is 10.2. The molecule has 0 amide bonds. The zero-order valence-electron chi connectivity index (χ0n) is 11.9. The number of benzene rings is 1. The maximum Gasteiger partial charge on any atom is 0.360 e. The fourth-order valence-electron chi connectivity index (χ4n) is 1.56. The Morgan fingerprint density at radius 2 is 2.10 bits per heavy atom. The van der Waals surface area contributed by atoms with Crippen LogP contribution in [0.25, 0.3) is 0 Å². The number of nitro groups is 1. The maximum absolute atomic E-state index is 11.7. The molecule has 0 spiro atoms. The SMILES string of the molecule is CC(C)NCCOS(=O)(=O)Nc1cccc(C[N+](=O)[O-])c1. The second kappa shape index (κ2) is 7.91. The van der Waals surface area contributed by atoms with E-state index in [0.29, 0.717) is 12.1 Å². The monoisotopic (exact) mass is 317 g/mol. The Morgan fingerprint density at radius 3 is 2.71 bits per heavy atom.